The summed E-state index contributed by atoms with van der Waals surface area (Å²) >= 11 is 0. The van der Waals surface area contributed by atoms with E-state index < -0.39 is 0 Å². The number of aromatic nitrogens is 2. The highest BCUT2D eigenvalue weighted by atomic mass is 16.6. The average molecular weight is 281 g/mol. The highest BCUT2D eigenvalue weighted by molar-refractivity contribution is 5.59. The van der Waals surface area contributed by atoms with Crippen molar-refractivity contribution in [2.24, 2.45) is 13.0 Å². The maximum Gasteiger partial charge on any atom is 0.333 e. The minimum Gasteiger partial charge on any atom is -0.364 e. The van der Waals surface area contributed by atoms with Gasteiger partial charge in [0.2, 0.25) is 5.82 Å². The van der Waals surface area contributed by atoms with Crippen molar-refractivity contribution >= 4 is 11.5 Å². The first-order valence-electron chi connectivity index (χ1n) is 7.06. The van der Waals surface area contributed by atoms with Crippen molar-refractivity contribution in [2.45, 2.75) is 33.2 Å². The summed E-state index contributed by atoms with van der Waals surface area (Å²) in [4.78, 5) is 13.2. The predicted octanol–water partition coefficient (Wildman–Crippen LogP) is 1.78. The van der Waals surface area contributed by atoms with Crippen LogP contribution in [0.3, 0.4) is 0 Å². The second-order valence-corrected chi connectivity index (χ2v) is 5.79. The Balaban J connectivity index is 2.00. The van der Waals surface area contributed by atoms with Gasteiger partial charge in [0.1, 0.15) is 5.69 Å². The van der Waals surface area contributed by atoms with Gasteiger partial charge < -0.3 is 10.2 Å². The molecule has 1 saturated heterocycles. The molecule has 0 aliphatic carbocycles. The van der Waals surface area contributed by atoms with Crippen LogP contribution in [-0.4, -0.2) is 45.3 Å². The van der Waals surface area contributed by atoms with Crippen molar-refractivity contribution in [3.05, 3.63) is 15.8 Å². The van der Waals surface area contributed by atoms with E-state index in [1.165, 1.54) is 0 Å². The molecule has 1 aliphatic rings. The highest BCUT2D eigenvalue weighted by Crippen LogP contribution is 2.28. The summed E-state index contributed by atoms with van der Waals surface area (Å²) in [6.07, 6.45) is 1.13. The fourth-order valence-electron chi connectivity index (χ4n) is 2.80. The number of likely N-dealkylation sites (tertiary alicyclic amines) is 1. The molecule has 112 valence electrons. The lowest BCUT2D eigenvalue weighted by Crippen LogP contribution is -2.29. The Bertz CT molecular complexity index is 497. The summed E-state index contributed by atoms with van der Waals surface area (Å²) in [6, 6.07) is 0.563. The third-order valence-electron chi connectivity index (χ3n) is 3.98. The standard InChI is InChI=1S/C13H23N5O2/c1-9(2)17-6-5-11(8-17)7-14-13-12(18(19)20)10(3)15-16(13)4/h9,11,14H,5-8H2,1-4H3. The van der Waals surface area contributed by atoms with E-state index >= 15 is 0 Å². The van der Waals surface area contributed by atoms with E-state index in [0.717, 1.165) is 26.1 Å². The van der Waals surface area contributed by atoms with Crippen molar-refractivity contribution in [3.8, 4) is 0 Å². The van der Waals surface area contributed by atoms with Gasteiger partial charge in [-0.3, -0.25) is 10.1 Å². The number of anilines is 1. The van der Waals surface area contributed by atoms with E-state index in [1.54, 1.807) is 18.7 Å². The van der Waals surface area contributed by atoms with Crippen LogP contribution in [0.2, 0.25) is 0 Å². The monoisotopic (exact) mass is 281 g/mol. The van der Waals surface area contributed by atoms with Crippen LogP contribution in [0.1, 0.15) is 26.0 Å². The van der Waals surface area contributed by atoms with Gasteiger partial charge in [0.15, 0.2) is 0 Å². The molecule has 2 rings (SSSR count). The minimum absolute atomic E-state index is 0.0891. The molecule has 0 radical (unpaired) electrons. The summed E-state index contributed by atoms with van der Waals surface area (Å²) in [5.74, 6) is 1.04. The molecule has 1 aromatic rings. The van der Waals surface area contributed by atoms with Crippen LogP contribution < -0.4 is 5.32 Å². The van der Waals surface area contributed by atoms with Gasteiger partial charge in [-0.25, -0.2) is 4.68 Å². The molecule has 1 N–H and O–H groups in total. The first-order chi connectivity index (χ1) is 9.40. The van der Waals surface area contributed by atoms with Crippen molar-refractivity contribution < 1.29 is 4.92 Å². The van der Waals surface area contributed by atoms with Crippen LogP contribution in [0.5, 0.6) is 0 Å². The van der Waals surface area contributed by atoms with Gasteiger partial charge in [-0.1, -0.05) is 0 Å². The van der Waals surface area contributed by atoms with Crippen molar-refractivity contribution in [3.63, 3.8) is 0 Å². The zero-order valence-electron chi connectivity index (χ0n) is 12.6. The number of aryl methyl sites for hydroxylation is 2. The normalized spacial score (nSPS) is 19.8. The summed E-state index contributed by atoms with van der Waals surface area (Å²) in [6.45, 7) is 8.98. The predicted molar refractivity (Wildman–Crippen MR) is 77.9 cm³/mol. The van der Waals surface area contributed by atoms with Crippen LogP contribution in [0.15, 0.2) is 0 Å². The number of nitro groups is 1. The molecule has 7 heteroatoms. The molecule has 1 aromatic heterocycles. The van der Waals surface area contributed by atoms with E-state index in [4.69, 9.17) is 0 Å². The lowest BCUT2D eigenvalue weighted by atomic mass is 10.1. The van der Waals surface area contributed by atoms with Gasteiger partial charge in [0, 0.05) is 26.2 Å². The third-order valence-corrected chi connectivity index (χ3v) is 3.98. The molecule has 1 fully saturated rings. The topological polar surface area (TPSA) is 76.2 Å². The minimum atomic E-state index is -0.361. The SMILES string of the molecule is Cc1nn(C)c(NCC2CCN(C(C)C)C2)c1[N+](=O)[O-]. The van der Waals surface area contributed by atoms with Crippen LogP contribution in [0.25, 0.3) is 0 Å². The number of hydrogen-bond acceptors (Lipinski definition) is 5. The van der Waals surface area contributed by atoms with Gasteiger partial charge >= 0.3 is 5.69 Å². The lowest BCUT2D eigenvalue weighted by Gasteiger charge is -2.20. The van der Waals surface area contributed by atoms with Gasteiger partial charge in [-0.05, 0) is 39.7 Å². The zero-order chi connectivity index (χ0) is 14.9. The lowest BCUT2D eigenvalue weighted by molar-refractivity contribution is -0.384. The van der Waals surface area contributed by atoms with Crippen LogP contribution in [-0.2, 0) is 7.05 Å². The summed E-state index contributed by atoms with van der Waals surface area (Å²) in [5.41, 5.74) is 0.543. The third kappa shape index (κ3) is 2.92. The molecule has 0 spiro atoms. The second kappa shape index (κ2) is 5.78. The van der Waals surface area contributed by atoms with Gasteiger partial charge in [-0.15, -0.1) is 0 Å². The van der Waals surface area contributed by atoms with Crippen LogP contribution in [0.4, 0.5) is 11.5 Å². The van der Waals surface area contributed by atoms with Gasteiger partial charge in [0.05, 0.1) is 4.92 Å². The average Bonchev–Trinajstić information content (AvgIpc) is 2.91. The Labute approximate surface area is 119 Å². The molecular weight excluding hydrogens is 258 g/mol. The summed E-state index contributed by atoms with van der Waals surface area (Å²) < 4.78 is 1.56. The van der Waals surface area contributed by atoms with E-state index in [1.807, 2.05) is 0 Å². The first kappa shape index (κ1) is 14.8. The Morgan fingerprint density at radius 3 is 2.80 bits per heavy atom. The number of nitrogens with one attached hydrogen (secondary N) is 1. The van der Waals surface area contributed by atoms with Gasteiger partial charge in [-0.2, -0.15) is 5.10 Å². The fourth-order valence-corrected chi connectivity index (χ4v) is 2.80. The Kier molecular flexibility index (Phi) is 4.27. The molecule has 7 nitrogen and oxygen atoms in total. The van der Waals surface area contributed by atoms with Crippen LogP contribution in [0, 0.1) is 23.0 Å². The first-order valence-corrected chi connectivity index (χ1v) is 7.06. The van der Waals surface area contributed by atoms with E-state index in [2.05, 4.69) is 29.2 Å². The number of hydrogen-bond donors (Lipinski definition) is 1. The fraction of sp³-hybridized carbons (Fsp3) is 0.769. The maximum atomic E-state index is 11.1. The molecule has 0 saturated carbocycles. The largest absolute Gasteiger partial charge is 0.364 e. The van der Waals surface area contributed by atoms with E-state index in [-0.39, 0.29) is 10.6 Å². The van der Waals surface area contributed by atoms with Gasteiger partial charge in [0.25, 0.3) is 0 Å². The Morgan fingerprint density at radius 2 is 2.25 bits per heavy atom. The molecule has 20 heavy (non-hydrogen) atoms. The molecule has 0 aromatic carbocycles. The maximum absolute atomic E-state index is 11.1. The summed E-state index contributed by atoms with van der Waals surface area (Å²) in [5, 5.41) is 18.4. The quantitative estimate of drug-likeness (QED) is 0.657. The summed E-state index contributed by atoms with van der Waals surface area (Å²) in [7, 11) is 1.73. The molecule has 0 bridgehead atoms. The van der Waals surface area contributed by atoms with Crippen molar-refractivity contribution in [2.75, 3.05) is 25.0 Å². The molecule has 2 heterocycles. The molecule has 1 atom stereocenters. The van der Waals surface area contributed by atoms with E-state index in [0.29, 0.717) is 23.5 Å². The zero-order valence-corrected chi connectivity index (χ0v) is 12.6. The van der Waals surface area contributed by atoms with Crippen molar-refractivity contribution in [1.82, 2.24) is 14.7 Å². The highest BCUT2D eigenvalue weighted by Gasteiger charge is 2.27. The number of nitrogens with zero attached hydrogens (tertiary/aromatic N) is 4. The van der Waals surface area contributed by atoms with Crippen molar-refractivity contribution in [1.29, 1.82) is 0 Å². The number of rotatable bonds is 5. The molecule has 1 aliphatic heterocycles. The molecular formula is C13H23N5O2. The smallest absolute Gasteiger partial charge is 0.333 e. The molecule has 1 unspecified atom stereocenters. The second-order valence-electron chi connectivity index (χ2n) is 5.79. The Hall–Kier alpha value is -1.63. The van der Waals surface area contributed by atoms with E-state index in [9.17, 15) is 10.1 Å². The Morgan fingerprint density at radius 1 is 1.55 bits per heavy atom. The van der Waals surface area contributed by atoms with Crippen LogP contribution >= 0.6 is 0 Å². The molecule has 0 amide bonds.